The Balaban J connectivity index is 2.48. The fraction of sp³-hybridized carbons (Fsp3) is 0.357. The summed E-state index contributed by atoms with van der Waals surface area (Å²) in [5.41, 5.74) is -0.929. The highest BCUT2D eigenvalue weighted by molar-refractivity contribution is 5.82. The number of carbonyl (C=O) groups excluding carboxylic acids is 1. The van der Waals surface area contributed by atoms with Crippen molar-refractivity contribution in [3.63, 3.8) is 0 Å². The molecule has 0 fully saturated rings. The van der Waals surface area contributed by atoms with Crippen molar-refractivity contribution in [1.82, 2.24) is 10.6 Å². The lowest BCUT2D eigenvalue weighted by Gasteiger charge is -2.23. The van der Waals surface area contributed by atoms with E-state index in [1.54, 1.807) is 0 Å². The van der Waals surface area contributed by atoms with E-state index in [9.17, 15) is 18.8 Å². The minimum absolute atomic E-state index is 0.134. The molecule has 0 radical (unpaired) electrons. The number of amides is 2. The Hall–Kier alpha value is -2.64. The molecule has 0 aromatic heterocycles. The van der Waals surface area contributed by atoms with Gasteiger partial charge in [0.15, 0.2) is 0 Å². The number of hydrogen-bond acceptors (Lipinski definition) is 3. The van der Waals surface area contributed by atoms with Crippen LogP contribution in [0.1, 0.15) is 18.9 Å². The third-order valence-corrected chi connectivity index (χ3v) is 3.06. The Morgan fingerprint density at radius 3 is 2.23 bits per heavy atom. The smallest absolute Gasteiger partial charge is 0.315 e. The van der Waals surface area contributed by atoms with Crippen molar-refractivity contribution < 1.29 is 29.0 Å². The predicted octanol–water partition coefficient (Wildman–Crippen LogP) is 1.19. The third kappa shape index (κ3) is 5.39. The molecule has 0 aliphatic carbocycles. The lowest BCUT2D eigenvalue weighted by molar-refractivity contribution is -0.154. The summed E-state index contributed by atoms with van der Waals surface area (Å²) in [5, 5.41) is 22.6. The van der Waals surface area contributed by atoms with E-state index in [2.05, 4.69) is 10.6 Å². The Bertz CT molecular complexity index is 561. The van der Waals surface area contributed by atoms with E-state index in [4.69, 9.17) is 10.2 Å². The van der Waals surface area contributed by atoms with Crippen molar-refractivity contribution >= 4 is 18.0 Å². The quantitative estimate of drug-likeness (QED) is 0.603. The van der Waals surface area contributed by atoms with Crippen molar-refractivity contribution in [3.8, 4) is 0 Å². The highest BCUT2D eigenvalue weighted by atomic mass is 19.1. The first-order valence-electron chi connectivity index (χ1n) is 6.44. The molecule has 0 spiro atoms. The Morgan fingerprint density at radius 1 is 1.14 bits per heavy atom. The number of nitrogens with one attached hydrogen (secondary N) is 2. The molecule has 4 N–H and O–H groups in total. The van der Waals surface area contributed by atoms with E-state index >= 15 is 0 Å². The molecule has 1 atom stereocenters. The highest BCUT2D eigenvalue weighted by Gasteiger charge is 2.36. The topological polar surface area (TPSA) is 116 Å². The molecule has 8 heteroatoms. The molecule has 0 aliphatic heterocycles. The van der Waals surface area contributed by atoms with Crippen LogP contribution in [0.3, 0.4) is 0 Å². The fourth-order valence-electron chi connectivity index (χ4n) is 1.67. The molecule has 1 aromatic carbocycles. The number of aliphatic carboxylic acids is 2. The van der Waals surface area contributed by atoms with Crippen LogP contribution in [-0.4, -0.2) is 34.7 Å². The summed E-state index contributed by atoms with van der Waals surface area (Å²) in [7, 11) is 0. The lowest BCUT2D eigenvalue weighted by Crippen LogP contribution is -2.45. The average Bonchev–Trinajstić information content (AvgIpc) is 2.43. The van der Waals surface area contributed by atoms with Gasteiger partial charge in [0.1, 0.15) is 5.82 Å². The van der Waals surface area contributed by atoms with Gasteiger partial charge in [-0.1, -0.05) is 12.1 Å². The van der Waals surface area contributed by atoms with Crippen LogP contribution in [0.25, 0.3) is 0 Å². The van der Waals surface area contributed by atoms with Crippen LogP contribution in [0.15, 0.2) is 24.3 Å². The van der Waals surface area contributed by atoms with Gasteiger partial charge in [0.05, 0.1) is 11.8 Å². The molecular formula is C14H17FN2O5. The minimum Gasteiger partial charge on any atom is -0.481 e. The second kappa shape index (κ2) is 7.39. The van der Waals surface area contributed by atoms with Crippen LogP contribution in [0, 0.1) is 11.2 Å². The summed E-state index contributed by atoms with van der Waals surface area (Å²) in [5.74, 6) is -2.97. The Morgan fingerprint density at radius 2 is 1.73 bits per heavy atom. The Labute approximate surface area is 126 Å². The zero-order valence-electron chi connectivity index (χ0n) is 11.9. The average molecular weight is 312 g/mol. The number of carbonyl (C=O) groups is 3. The summed E-state index contributed by atoms with van der Waals surface area (Å²) in [6.45, 7) is 1.04. The molecule has 0 saturated carbocycles. The van der Waals surface area contributed by atoms with E-state index in [-0.39, 0.29) is 18.9 Å². The maximum atomic E-state index is 12.7. The number of hydrogen-bond donors (Lipinski definition) is 4. The number of urea groups is 1. The number of rotatable bonds is 7. The van der Waals surface area contributed by atoms with Gasteiger partial charge in [-0.2, -0.15) is 0 Å². The summed E-state index contributed by atoms with van der Waals surface area (Å²) in [6.07, 6.45) is -0.611. The van der Waals surface area contributed by atoms with Crippen LogP contribution in [0.5, 0.6) is 0 Å². The molecule has 0 heterocycles. The van der Waals surface area contributed by atoms with Crippen molar-refractivity contribution in [3.05, 3.63) is 35.6 Å². The van der Waals surface area contributed by atoms with E-state index in [1.165, 1.54) is 31.2 Å². The molecule has 1 unspecified atom stereocenters. The minimum atomic E-state index is -1.60. The fourth-order valence-corrected chi connectivity index (χ4v) is 1.67. The zero-order valence-corrected chi connectivity index (χ0v) is 11.9. The molecular weight excluding hydrogens is 295 g/mol. The highest BCUT2D eigenvalue weighted by Crippen LogP contribution is 2.20. The van der Waals surface area contributed by atoms with E-state index in [0.717, 1.165) is 0 Å². The van der Waals surface area contributed by atoms with Gasteiger partial charge in [0.2, 0.25) is 0 Å². The summed E-state index contributed by atoms with van der Waals surface area (Å²) in [4.78, 5) is 33.4. The number of benzene rings is 1. The number of halogens is 1. The van der Waals surface area contributed by atoms with Crippen molar-refractivity contribution in [2.24, 2.45) is 5.41 Å². The van der Waals surface area contributed by atoms with Gasteiger partial charge in [0.25, 0.3) is 0 Å². The second-order valence-electron chi connectivity index (χ2n) is 5.10. The second-order valence-corrected chi connectivity index (χ2v) is 5.10. The van der Waals surface area contributed by atoms with Crippen molar-refractivity contribution in [2.45, 2.75) is 19.9 Å². The van der Waals surface area contributed by atoms with Crippen LogP contribution in [0.4, 0.5) is 9.18 Å². The summed E-state index contributed by atoms with van der Waals surface area (Å²) in [6, 6.07) is 4.87. The maximum Gasteiger partial charge on any atom is 0.315 e. The summed E-state index contributed by atoms with van der Waals surface area (Å²) >= 11 is 0. The molecule has 0 bridgehead atoms. The first kappa shape index (κ1) is 17.4. The van der Waals surface area contributed by atoms with E-state index < -0.39 is 29.8 Å². The van der Waals surface area contributed by atoms with Crippen molar-refractivity contribution in [1.29, 1.82) is 0 Å². The molecule has 1 aromatic rings. The molecule has 1 rings (SSSR count). The maximum absolute atomic E-state index is 12.7. The van der Waals surface area contributed by atoms with Gasteiger partial charge in [-0.05, 0) is 24.6 Å². The number of carboxylic acids is 2. The molecule has 0 saturated heterocycles. The van der Waals surface area contributed by atoms with Gasteiger partial charge >= 0.3 is 18.0 Å². The molecule has 7 nitrogen and oxygen atoms in total. The largest absolute Gasteiger partial charge is 0.481 e. The molecule has 22 heavy (non-hydrogen) atoms. The first-order chi connectivity index (χ1) is 10.2. The predicted molar refractivity (Wildman–Crippen MR) is 74.6 cm³/mol. The summed E-state index contributed by atoms with van der Waals surface area (Å²) < 4.78 is 12.7. The van der Waals surface area contributed by atoms with Crippen LogP contribution in [0.2, 0.25) is 0 Å². The van der Waals surface area contributed by atoms with Gasteiger partial charge < -0.3 is 20.8 Å². The van der Waals surface area contributed by atoms with Crippen LogP contribution >= 0.6 is 0 Å². The number of carboxylic acid groups (broad SMARTS) is 2. The SMILES string of the molecule is CC(CNC(=O)NCc1ccc(F)cc1)(CC(=O)O)C(=O)O. The van der Waals surface area contributed by atoms with Crippen molar-refractivity contribution in [2.75, 3.05) is 6.54 Å². The van der Waals surface area contributed by atoms with Crippen LogP contribution in [-0.2, 0) is 16.1 Å². The van der Waals surface area contributed by atoms with E-state index in [0.29, 0.717) is 5.56 Å². The molecule has 0 aliphatic rings. The Kier molecular flexibility index (Phi) is 5.85. The van der Waals surface area contributed by atoms with Gasteiger partial charge in [-0.25, -0.2) is 9.18 Å². The normalized spacial score (nSPS) is 13.0. The van der Waals surface area contributed by atoms with Gasteiger partial charge in [-0.15, -0.1) is 0 Å². The monoisotopic (exact) mass is 312 g/mol. The standard InChI is InChI=1S/C14H17FN2O5/c1-14(12(20)21,6-11(18)19)8-17-13(22)16-7-9-2-4-10(15)5-3-9/h2-5H,6-8H2,1H3,(H,18,19)(H,20,21)(H2,16,17,22). The van der Waals surface area contributed by atoms with Gasteiger partial charge in [0, 0.05) is 13.1 Å². The first-order valence-corrected chi connectivity index (χ1v) is 6.44. The molecule has 120 valence electrons. The van der Waals surface area contributed by atoms with E-state index in [1.807, 2.05) is 0 Å². The zero-order chi connectivity index (χ0) is 16.8. The van der Waals surface area contributed by atoms with Gasteiger partial charge in [-0.3, -0.25) is 9.59 Å². The lowest BCUT2D eigenvalue weighted by atomic mass is 9.87. The third-order valence-electron chi connectivity index (χ3n) is 3.06. The van der Waals surface area contributed by atoms with Crippen LogP contribution < -0.4 is 10.6 Å². The molecule has 2 amide bonds.